The van der Waals surface area contributed by atoms with Crippen molar-refractivity contribution >= 4 is 23.2 Å². The summed E-state index contributed by atoms with van der Waals surface area (Å²) in [4.78, 5) is 13.0. The molecule has 4 heteroatoms. The zero-order valence-electron chi connectivity index (χ0n) is 14.8. The normalized spacial score (nSPS) is 20.9. The fraction of sp³-hybridized carbons (Fsp3) is 0.364. The van der Waals surface area contributed by atoms with Gasteiger partial charge in [0.25, 0.3) is 0 Å². The molecule has 1 aliphatic carbocycles. The first kappa shape index (κ1) is 17.3. The lowest BCUT2D eigenvalue weighted by Gasteiger charge is -2.24. The van der Waals surface area contributed by atoms with E-state index in [9.17, 15) is 4.79 Å². The van der Waals surface area contributed by atoms with E-state index in [-0.39, 0.29) is 17.7 Å². The first-order valence-corrected chi connectivity index (χ1v) is 9.81. The van der Waals surface area contributed by atoms with Gasteiger partial charge in [0, 0.05) is 16.9 Å². The molecule has 0 saturated heterocycles. The van der Waals surface area contributed by atoms with Crippen LogP contribution in [0.3, 0.4) is 0 Å². The molecule has 1 unspecified atom stereocenters. The van der Waals surface area contributed by atoms with Crippen molar-refractivity contribution in [2.75, 3.05) is 6.54 Å². The molecule has 0 aromatic heterocycles. The molecule has 2 aromatic carbocycles. The third-order valence-corrected chi connectivity index (χ3v) is 5.72. The summed E-state index contributed by atoms with van der Waals surface area (Å²) in [5, 5.41) is 7.21. The Kier molecular flexibility index (Phi) is 5.07. The molecule has 1 atom stereocenters. The quantitative estimate of drug-likeness (QED) is 0.730. The summed E-state index contributed by atoms with van der Waals surface area (Å²) in [6.45, 7) is 0.622. The van der Waals surface area contributed by atoms with Crippen molar-refractivity contribution in [3.8, 4) is 0 Å². The fourth-order valence-electron chi connectivity index (χ4n) is 4.03. The summed E-state index contributed by atoms with van der Waals surface area (Å²) < 4.78 is 0. The molecule has 1 saturated carbocycles. The Bertz CT molecular complexity index is 795. The number of carbonyl (C=O) groups excluding carboxylic acids is 1. The van der Waals surface area contributed by atoms with Gasteiger partial charge in [0.2, 0.25) is 5.91 Å². The van der Waals surface area contributed by atoms with E-state index in [0.717, 1.165) is 37.0 Å². The van der Waals surface area contributed by atoms with Crippen LogP contribution in [0.5, 0.6) is 0 Å². The molecular weight excluding hydrogens is 344 g/mol. The maximum atomic E-state index is 13.0. The number of benzene rings is 2. The largest absolute Gasteiger partial charge is 0.273 e. The fourth-order valence-corrected chi connectivity index (χ4v) is 4.15. The molecule has 0 radical (unpaired) electrons. The van der Waals surface area contributed by atoms with Crippen LogP contribution < -0.4 is 0 Å². The molecule has 3 nitrogen and oxygen atoms in total. The predicted octanol–water partition coefficient (Wildman–Crippen LogP) is 5.25. The van der Waals surface area contributed by atoms with Crippen molar-refractivity contribution in [2.24, 2.45) is 11.0 Å². The summed E-state index contributed by atoms with van der Waals surface area (Å²) in [6.07, 6.45) is 5.55. The topological polar surface area (TPSA) is 32.7 Å². The van der Waals surface area contributed by atoms with Crippen molar-refractivity contribution in [3.05, 3.63) is 70.7 Å². The number of rotatable bonds is 3. The van der Waals surface area contributed by atoms with E-state index < -0.39 is 0 Å². The van der Waals surface area contributed by atoms with Crippen LogP contribution in [0.25, 0.3) is 0 Å². The molecule has 0 spiro atoms. The van der Waals surface area contributed by atoms with Crippen LogP contribution in [0.15, 0.2) is 59.7 Å². The monoisotopic (exact) mass is 366 g/mol. The lowest BCUT2D eigenvalue weighted by Crippen LogP contribution is -2.32. The number of hydrogen-bond acceptors (Lipinski definition) is 2. The summed E-state index contributed by atoms with van der Waals surface area (Å²) in [5.74, 6) is 0.424. The molecular formula is C22H23ClN2O. The van der Waals surface area contributed by atoms with Gasteiger partial charge >= 0.3 is 0 Å². The second-order valence-electron chi connectivity index (χ2n) is 7.21. The Labute approximate surface area is 159 Å². The molecule has 1 heterocycles. The van der Waals surface area contributed by atoms with Crippen LogP contribution >= 0.6 is 11.6 Å². The zero-order valence-corrected chi connectivity index (χ0v) is 15.5. The number of halogens is 1. The smallest absolute Gasteiger partial charge is 0.245 e. The van der Waals surface area contributed by atoms with E-state index in [0.29, 0.717) is 11.6 Å². The summed E-state index contributed by atoms with van der Waals surface area (Å²) in [5.41, 5.74) is 3.18. The molecule has 26 heavy (non-hydrogen) atoms. The summed E-state index contributed by atoms with van der Waals surface area (Å²) >= 11 is 6.05. The zero-order chi connectivity index (χ0) is 17.9. The number of carbonyl (C=O) groups is 1. The van der Waals surface area contributed by atoms with Crippen LogP contribution in [0.4, 0.5) is 0 Å². The van der Waals surface area contributed by atoms with E-state index in [1.165, 1.54) is 12.0 Å². The van der Waals surface area contributed by atoms with Crippen LogP contribution in [-0.4, -0.2) is 23.2 Å². The third kappa shape index (κ3) is 3.54. The highest BCUT2D eigenvalue weighted by Gasteiger charge is 2.35. The summed E-state index contributed by atoms with van der Waals surface area (Å²) in [6, 6.07) is 18.1. The van der Waals surface area contributed by atoms with Crippen LogP contribution in [0, 0.1) is 5.92 Å². The molecule has 4 rings (SSSR count). The Morgan fingerprint density at radius 2 is 1.65 bits per heavy atom. The first-order chi connectivity index (χ1) is 12.7. The molecule has 1 aliphatic heterocycles. The van der Waals surface area contributed by atoms with Crippen LogP contribution in [0.2, 0.25) is 5.02 Å². The Hall–Kier alpha value is -2.13. The maximum absolute atomic E-state index is 13.0. The minimum atomic E-state index is 0.102. The van der Waals surface area contributed by atoms with Gasteiger partial charge in [0.15, 0.2) is 0 Å². The average molecular weight is 367 g/mol. The maximum Gasteiger partial charge on any atom is 0.245 e. The Balaban J connectivity index is 1.65. The van der Waals surface area contributed by atoms with Gasteiger partial charge in [0.05, 0.1) is 12.3 Å². The molecule has 134 valence electrons. The first-order valence-electron chi connectivity index (χ1n) is 9.43. The second kappa shape index (κ2) is 7.63. The number of hydrazone groups is 1. The highest BCUT2D eigenvalue weighted by molar-refractivity contribution is 6.30. The van der Waals surface area contributed by atoms with Gasteiger partial charge < -0.3 is 0 Å². The number of amides is 1. The van der Waals surface area contributed by atoms with Gasteiger partial charge in [-0.3, -0.25) is 4.79 Å². The average Bonchev–Trinajstić information content (AvgIpc) is 3.15. The van der Waals surface area contributed by atoms with Crippen molar-refractivity contribution in [1.29, 1.82) is 0 Å². The van der Waals surface area contributed by atoms with Crippen molar-refractivity contribution in [3.63, 3.8) is 0 Å². The molecule has 1 fully saturated rings. The van der Waals surface area contributed by atoms with E-state index >= 15 is 0 Å². The third-order valence-electron chi connectivity index (χ3n) is 5.46. The van der Waals surface area contributed by atoms with Gasteiger partial charge in [-0.15, -0.1) is 0 Å². The predicted molar refractivity (Wildman–Crippen MR) is 105 cm³/mol. The highest BCUT2D eigenvalue weighted by Crippen LogP contribution is 2.32. The van der Waals surface area contributed by atoms with E-state index in [4.69, 9.17) is 16.7 Å². The van der Waals surface area contributed by atoms with Crippen LogP contribution in [-0.2, 0) is 4.79 Å². The summed E-state index contributed by atoms with van der Waals surface area (Å²) in [7, 11) is 0. The van der Waals surface area contributed by atoms with Crippen molar-refractivity contribution in [1.82, 2.24) is 5.01 Å². The van der Waals surface area contributed by atoms with Crippen LogP contribution in [0.1, 0.15) is 49.1 Å². The molecule has 0 N–H and O–H groups in total. The van der Waals surface area contributed by atoms with Gasteiger partial charge in [-0.25, -0.2) is 5.01 Å². The minimum absolute atomic E-state index is 0.102. The van der Waals surface area contributed by atoms with Crippen molar-refractivity contribution < 1.29 is 4.79 Å². The standard InChI is InChI=1S/C22H23ClN2O/c23-19-13-11-17(12-14-19)21-20(16-7-3-1-4-8-16)15-25(24-21)22(26)18-9-5-2-6-10-18/h1,3-4,7-8,11-14,18,20H,2,5-6,9-10,15H2. The number of hydrogen-bond donors (Lipinski definition) is 0. The van der Waals surface area contributed by atoms with Crippen molar-refractivity contribution in [2.45, 2.75) is 38.0 Å². The molecule has 0 bridgehead atoms. The van der Waals surface area contributed by atoms with Gasteiger partial charge in [-0.1, -0.05) is 73.3 Å². The van der Waals surface area contributed by atoms with E-state index in [1.54, 1.807) is 5.01 Å². The molecule has 1 amide bonds. The van der Waals surface area contributed by atoms with E-state index in [1.807, 2.05) is 42.5 Å². The van der Waals surface area contributed by atoms with Gasteiger partial charge in [-0.2, -0.15) is 5.10 Å². The Morgan fingerprint density at radius 3 is 2.35 bits per heavy atom. The number of nitrogens with zero attached hydrogens (tertiary/aromatic N) is 2. The second-order valence-corrected chi connectivity index (χ2v) is 7.65. The lowest BCUT2D eigenvalue weighted by atomic mass is 9.88. The highest BCUT2D eigenvalue weighted by atomic mass is 35.5. The minimum Gasteiger partial charge on any atom is -0.273 e. The van der Waals surface area contributed by atoms with Gasteiger partial charge in [0.1, 0.15) is 0 Å². The SMILES string of the molecule is O=C(C1CCCCC1)N1CC(c2ccccc2)C(c2ccc(Cl)cc2)=N1. The van der Waals surface area contributed by atoms with E-state index in [2.05, 4.69) is 12.1 Å². The lowest BCUT2D eigenvalue weighted by molar-refractivity contribution is -0.136. The van der Waals surface area contributed by atoms with Gasteiger partial charge in [-0.05, 0) is 36.1 Å². The molecule has 2 aliphatic rings. The molecule has 2 aromatic rings. The Morgan fingerprint density at radius 1 is 0.962 bits per heavy atom.